The van der Waals surface area contributed by atoms with E-state index >= 15 is 0 Å². The first kappa shape index (κ1) is 24.5. The molecule has 4 aromatic rings. The number of hydrogen-bond acceptors (Lipinski definition) is 6. The van der Waals surface area contributed by atoms with E-state index in [1.165, 1.54) is 0 Å². The third-order valence-electron chi connectivity index (χ3n) is 5.78. The fraction of sp³-hybridized carbons (Fsp3) is 0.179. The molecule has 0 saturated carbocycles. The van der Waals surface area contributed by atoms with Crippen LogP contribution in [0.3, 0.4) is 0 Å². The number of methoxy groups -OCH3 is 3. The van der Waals surface area contributed by atoms with Crippen LogP contribution in [0.5, 0.6) is 17.2 Å². The van der Waals surface area contributed by atoms with Gasteiger partial charge in [0, 0.05) is 23.7 Å². The number of ether oxygens (including phenoxy) is 3. The number of nitrogens with one attached hydrogen (secondary N) is 2. The van der Waals surface area contributed by atoms with Crippen molar-refractivity contribution >= 4 is 28.4 Å². The summed E-state index contributed by atoms with van der Waals surface area (Å²) in [5.74, 6) is 1.10. The lowest BCUT2D eigenvalue weighted by Crippen LogP contribution is -2.19. The second kappa shape index (κ2) is 10.8. The maximum absolute atomic E-state index is 13.4. The van der Waals surface area contributed by atoms with E-state index < -0.39 is 0 Å². The maximum Gasteiger partial charge on any atom is 0.256 e. The van der Waals surface area contributed by atoms with E-state index in [2.05, 4.69) is 10.6 Å². The van der Waals surface area contributed by atoms with Gasteiger partial charge in [0.2, 0.25) is 11.7 Å². The molecule has 0 fully saturated rings. The molecule has 184 valence electrons. The standard InChI is InChI=1S/C28H27N3O5/c1-29-26(32)13-17-9-11-19(12-10-17)30-28(33)21-16-23(31-22-8-6-5-7-20(21)22)18-14-24(34-2)27(36-4)25(15-18)35-3/h5-12,14-16H,13H2,1-4H3,(H,29,32)(H,30,33). The second-order valence-corrected chi connectivity index (χ2v) is 7.99. The lowest BCUT2D eigenvalue weighted by Gasteiger charge is -2.15. The molecule has 0 saturated heterocycles. The zero-order valence-corrected chi connectivity index (χ0v) is 20.5. The number of para-hydroxylation sites is 1. The van der Waals surface area contributed by atoms with Gasteiger partial charge < -0.3 is 24.8 Å². The lowest BCUT2D eigenvalue weighted by atomic mass is 10.0. The predicted octanol–water partition coefficient (Wildman–Crippen LogP) is 4.47. The minimum atomic E-state index is -0.277. The smallest absolute Gasteiger partial charge is 0.256 e. The fourth-order valence-electron chi connectivity index (χ4n) is 3.92. The van der Waals surface area contributed by atoms with Gasteiger partial charge in [-0.15, -0.1) is 0 Å². The number of fused-ring (bicyclic) bond motifs is 1. The Kier molecular flexibility index (Phi) is 7.34. The van der Waals surface area contributed by atoms with Gasteiger partial charge in [-0.3, -0.25) is 9.59 Å². The van der Waals surface area contributed by atoms with Gasteiger partial charge >= 0.3 is 0 Å². The zero-order valence-electron chi connectivity index (χ0n) is 20.5. The molecule has 0 aliphatic rings. The van der Waals surface area contributed by atoms with Crippen LogP contribution in [0.15, 0.2) is 66.7 Å². The van der Waals surface area contributed by atoms with Crippen LogP contribution in [-0.2, 0) is 11.2 Å². The Labute approximate surface area is 209 Å². The van der Waals surface area contributed by atoms with Crippen LogP contribution in [0.2, 0.25) is 0 Å². The first-order chi connectivity index (χ1) is 17.5. The predicted molar refractivity (Wildman–Crippen MR) is 139 cm³/mol. The van der Waals surface area contributed by atoms with Gasteiger partial charge in [-0.25, -0.2) is 4.98 Å². The summed E-state index contributed by atoms with van der Waals surface area (Å²) in [6, 6.07) is 20.0. The lowest BCUT2D eigenvalue weighted by molar-refractivity contribution is -0.119. The Morgan fingerprint density at radius 1 is 0.861 bits per heavy atom. The van der Waals surface area contributed by atoms with Crippen LogP contribution in [0.1, 0.15) is 15.9 Å². The molecular weight excluding hydrogens is 458 g/mol. The molecule has 0 aliphatic carbocycles. The van der Waals surface area contributed by atoms with E-state index in [4.69, 9.17) is 19.2 Å². The quantitative estimate of drug-likeness (QED) is 0.382. The van der Waals surface area contributed by atoms with Crippen LogP contribution in [0.25, 0.3) is 22.2 Å². The number of aromatic nitrogens is 1. The average molecular weight is 486 g/mol. The molecule has 0 spiro atoms. The molecule has 0 bridgehead atoms. The van der Waals surface area contributed by atoms with E-state index in [9.17, 15) is 9.59 Å². The highest BCUT2D eigenvalue weighted by Gasteiger charge is 2.18. The van der Waals surface area contributed by atoms with E-state index in [0.717, 1.165) is 10.9 Å². The molecule has 2 amide bonds. The Balaban J connectivity index is 1.72. The normalized spacial score (nSPS) is 10.6. The highest BCUT2D eigenvalue weighted by molar-refractivity contribution is 6.13. The molecule has 3 aromatic carbocycles. The van der Waals surface area contributed by atoms with Gasteiger partial charge in [0.1, 0.15) is 0 Å². The number of carbonyl (C=O) groups excluding carboxylic acids is 2. The number of rotatable bonds is 8. The van der Waals surface area contributed by atoms with Crippen LogP contribution in [-0.4, -0.2) is 45.2 Å². The molecule has 8 nitrogen and oxygen atoms in total. The average Bonchev–Trinajstić information content (AvgIpc) is 2.92. The first-order valence-electron chi connectivity index (χ1n) is 11.3. The van der Waals surface area contributed by atoms with Crippen molar-refractivity contribution in [3.8, 4) is 28.5 Å². The Morgan fingerprint density at radius 2 is 1.53 bits per heavy atom. The van der Waals surface area contributed by atoms with Gasteiger partial charge in [0.05, 0.1) is 44.5 Å². The Morgan fingerprint density at radius 3 is 2.14 bits per heavy atom. The fourth-order valence-corrected chi connectivity index (χ4v) is 3.92. The largest absolute Gasteiger partial charge is 0.493 e. The van der Waals surface area contributed by atoms with Crippen molar-refractivity contribution in [1.82, 2.24) is 10.3 Å². The summed E-state index contributed by atoms with van der Waals surface area (Å²) >= 11 is 0. The summed E-state index contributed by atoms with van der Waals surface area (Å²) in [5, 5.41) is 6.28. The van der Waals surface area contributed by atoms with Gasteiger partial charge in [-0.2, -0.15) is 0 Å². The van der Waals surface area contributed by atoms with Gasteiger partial charge in [0.25, 0.3) is 5.91 Å². The molecule has 0 aliphatic heterocycles. The molecule has 4 rings (SSSR count). The summed E-state index contributed by atoms with van der Waals surface area (Å²) in [4.78, 5) is 29.8. The van der Waals surface area contributed by atoms with Crippen molar-refractivity contribution in [3.05, 3.63) is 77.9 Å². The SMILES string of the molecule is CNC(=O)Cc1ccc(NC(=O)c2cc(-c3cc(OC)c(OC)c(OC)c3)nc3ccccc23)cc1. The summed E-state index contributed by atoms with van der Waals surface area (Å²) in [6.07, 6.45) is 0.276. The second-order valence-electron chi connectivity index (χ2n) is 7.99. The van der Waals surface area contributed by atoms with Gasteiger partial charge in [-0.1, -0.05) is 30.3 Å². The molecule has 2 N–H and O–H groups in total. The van der Waals surface area contributed by atoms with Crippen molar-refractivity contribution in [3.63, 3.8) is 0 Å². The van der Waals surface area contributed by atoms with Crippen molar-refractivity contribution in [2.75, 3.05) is 33.7 Å². The Bertz CT molecular complexity index is 1390. The number of likely N-dealkylation sites (N-methyl/N-ethyl adjacent to an activating group) is 1. The van der Waals surface area contributed by atoms with Crippen LogP contribution in [0, 0.1) is 0 Å². The van der Waals surface area contributed by atoms with E-state index in [1.54, 1.807) is 58.7 Å². The number of nitrogens with zero attached hydrogens (tertiary/aromatic N) is 1. The molecular formula is C28H27N3O5. The number of hydrogen-bond donors (Lipinski definition) is 2. The van der Waals surface area contributed by atoms with Crippen LogP contribution >= 0.6 is 0 Å². The minimum absolute atomic E-state index is 0.0747. The topological polar surface area (TPSA) is 98.8 Å². The maximum atomic E-state index is 13.4. The number of pyridine rings is 1. The summed E-state index contributed by atoms with van der Waals surface area (Å²) in [6.45, 7) is 0. The molecule has 1 aromatic heterocycles. The van der Waals surface area contributed by atoms with Crippen molar-refractivity contribution < 1.29 is 23.8 Å². The minimum Gasteiger partial charge on any atom is -0.493 e. The highest BCUT2D eigenvalue weighted by atomic mass is 16.5. The summed E-state index contributed by atoms with van der Waals surface area (Å²) in [7, 11) is 6.24. The molecule has 36 heavy (non-hydrogen) atoms. The summed E-state index contributed by atoms with van der Waals surface area (Å²) in [5.41, 5.74) is 3.91. The number of benzene rings is 3. The van der Waals surface area contributed by atoms with Crippen molar-refractivity contribution in [1.29, 1.82) is 0 Å². The first-order valence-corrected chi connectivity index (χ1v) is 11.3. The van der Waals surface area contributed by atoms with E-state index in [1.807, 2.05) is 36.4 Å². The highest BCUT2D eigenvalue weighted by Crippen LogP contribution is 2.41. The number of amides is 2. The van der Waals surface area contributed by atoms with Crippen LogP contribution < -0.4 is 24.8 Å². The third kappa shape index (κ3) is 5.07. The zero-order chi connectivity index (χ0) is 25.7. The van der Waals surface area contributed by atoms with E-state index in [0.29, 0.717) is 45.3 Å². The van der Waals surface area contributed by atoms with Crippen molar-refractivity contribution in [2.45, 2.75) is 6.42 Å². The molecule has 0 radical (unpaired) electrons. The molecule has 0 unspecified atom stereocenters. The van der Waals surface area contributed by atoms with Gasteiger partial charge in [0.15, 0.2) is 11.5 Å². The van der Waals surface area contributed by atoms with Gasteiger partial charge in [-0.05, 0) is 42.0 Å². The Hall–Kier alpha value is -4.59. The van der Waals surface area contributed by atoms with E-state index in [-0.39, 0.29) is 18.2 Å². The molecule has 0 atom stereocenters. The molecule has 1 heterocycles. The summed E-state index contributed by atoms with van der Waals surface area (Å²) < 4.78 is 16.4. The monoisotopic (exact) mass is 485 g/mol. The van der Waals surface area contributed by atoms with Crippen molar-refractivity contribution in [2.24, 2.45) is 0 Å². The van der Waals surface area contributed by atoms with Crippen LogP contribution in [0.4, 0.5) is 5.69 Å². The third-order valence-corrected chi connectivity index (χ3v) is 5.78. The molecule has 8 heteroatoms. The number of anilines is 1. The number of carbonyl (C=O) groups is 2.